The third-order valence-corrected chi connectivity index (χ3v) is 4.84. The molecular weight excluding hydrogens is 256 g/mol. The van der Waals surface area contributed by atoms with Crippen molar-refractivity contribution in [1.29, 1.82) is 0 Å². The van der Waals surface area contributed by atoms with Crippen molar-refractivity contribution in [2.24, 2.45) is 17.6 Å². The number of ether oxygens (including phenoxy) is 2. The van der Waals surface area contributed by atoms with Gasteiger partial charge in [-0.3, -0.25) is 4.79 Å². The summed E-state index contributed by atoms with van der Waals surface area (Å²) in [6.45, 7) is 2.05. The summed E-state index contributed by atoms with van der Waals surface area (Å²) in [5.41, 5.74) is 5.65. The summed E-state index contributed by atoms with van der Waals surface area (Å²) in [5, 5.41) is 0. The Balaban J connectivity index is 1.91. The molecule has 5 nitrogen and oxygen atoms in total. The number of carbonyl (C=O) groups is 1. The van der Waals surface area contributed by atoms with E-state index in [0.717, 1.165) is 32.2 Å². The number of nitrogens with zero attached hydrogens (tertiary/aromatic N) is 1. The van der Waals surface area contributed by atoms with Gasteiger partial charge in [0.1, 0.15) is 12.2 Å². The van der Waals surface area contributed by atoms with Crippen LogP contribution in [-0.4, -0.2) is 56.9 Å². The molecule has 0 radical (unpaired) electrons. The van der Waals surface area contributed by atoms with Gasteiger partial charge < -0.3 is 20.1 Å². The fourth-order valence-corrected chi connectivity index (χ4v) is 3.65. The summed E-state index contributed by atoms with van der Waals surface area (Å²) >= 11 is 0. The fourth-order valence-electron chi connectivity index (χ4n) is 3.65. The normalized spacial score (nSPS) is 34.5. The molecule has 2 N–H and O–H groups in total. The molecule has 116 valence electrons. The number of hydrogen-bond donors (Lipinski definition) is 1. The summed E-state index contributed by atoms with van der Waals surface area (Å²) in [6, 6.07) is 0. The Kier molecular flexibility index (Phi) is 5.81. The lowest BCUT2D eigenvalue weighted by atomic mass is 9.79. The van der Waals surface area contributed by atoms with Crippen LogP contribution in [-0.2, 0) is 14.3 Å². The minimum atomic E-state index is 0.00683. The molecule has 20 heavy (non-hydrogen) atoms. The lowest BCUT2D eigenvalue weighted by Gasteiger charge is -2.31. The Labute approximate surface area is 121 Å². The lowest BCUT2D eigenvalue weighted by Crippen LogP contribution is -2.37. The average Bonchev–Trinajstić information content (AvgIpc) is 2.90. The molecule has 2 aliphatic rings. The summed E-state index contributed by atoms with van der Waals surface area (Å²) in [4.78, 5) is 14.6. The molecule has 4 unspecified atom stereocenters. The second kappa shape index (κ2) is 7.38. The van der Waals surface area contributed by atoms with Gasteiger partial charge in [0.25, 0.3) is 0 Å². The predicted octanol–water partition coefficient (Wildman–Crippen LogP) is 1.01. The van der Waals surface area contributed by atoms with Gasteiger partial charge in [0.15, 0.2) is 0 Å². The van der Waals surface area contributed by atoms with Crippen LogP contribution in [0.5, 0.6) is 0 Å². The number of methoxy groups -OCH3 is 2. The molecule has 0 spiro atoms. The van der Waals surface area contributed by atoms with E-state index in [4.69, 9.17) is 15.2 Å². The van der Waals surface area contributed by atoms with Crippen LogP contribution >= 0.6 is 0 Å². The molecule has 0 aromatic carbocycles. The van der Waals surface area contributed by atoms with Crippen LogP contribution in [0.4, 0.5) is 0 Å². The number of nitrogens with two attached hydrogens (primary N) is 1. The molecule has 1 saturated carbocycles. The van der Waals surface area contributed by atoms with Gasteiger partial charge in [0.05, 0.1) is 0 Å². The molecule has 4 atom stereocenters. The van der Waals surface area contributed by atoms with Gasteiger partial charge in [-0.05, 0) is 31.7 Å². The molecule has 2 rings (SSSR count). The number of likely N-dealkylation sites (tertiary alicyclic amines) is 1. The van der Waals surface area contributed by atoms with E-state index >= 15 is 0 Å². The minimum absolute atomic E-state index is 0.00683. The van der Waals surface area contributed by atoms with Crippen molar-refractivity contribution in [3.05, 3.63) is 0 Å². The molecule has 0 bridgehead atoms. The minimum Gasteiger partial charge on any atom is -0.377 e. The third kappa shape index (κ3) is 3.51. The van der Waals surface area contributed by atoms with Gasteiger partial charge >= 0.3 is 0 Å². The smallest absolute Gasteiger partial charge is 0.225 e. The van der Waals surface area contributed by atoms with E-state index in [1.165, 1.54) is 6.42 Å². The Morgan fingerprint density at radius 2 is 1.85 bits per heavy atom. The van der Waals surface area contributed by atoms with Crippen molar-refractivity contribution in [2.75, 3.05) is 33.9 Å². The van der Waals surface area contributed by atoms with Gasteiger partial charge in [-0.1, -0.05) is 12.8 Å². The van der Waals surface area contributed by atoms with Crippen molar-refractivity contribution in [3.8, 4) is 0 Å². The fraction of sp³-hybridized carbons (Fsp3) is 0.933. The Morgan fingerprint density at radius 3 is 2.40 bits per heavy atom. The van der Waals surface area contributed by atoms with E-state index in [1.54, 1.807) is 14.2 Å². The lowest BCUT2D eigenvalue weighted by molar-refractivity contribution is -0.136. The van der Waals surface area contributed by atoms with Gasteiger partial charge in [0.2, 0.25) is 5.91 Å². The summed E-state index contributed by atoms with van der Waals surface area (Å²) in [6.07, 6.45) is 5.46. The summed E-state index contributed by atoms with van der Waals surface area (Å²) in [5.74, 6) is 1.09. The highest BCUT2D eigenvalue weighted by atomic mass is 16.5. The van der Waals surface area contributed by atoms with E-state index in [0.29, 0.717) is 19.0 Å². The molecule has 1 saturated heterocycles. The second-order valence-corrected chi connectivity index (χ2v) is 6.10. The highest BCUT2D eigenvalue weighted by molar-refractivity contribution is 5.79. The van der Waals surface area contributed by atoms with Gasteiger partial charge in [-0.2, -0.15) is 0 Å². The molecule has 2 fully saturated rings. The number of hydrogen-bond acceptors (Lipinski definition) is 4. The average molecular weight is 284 g/mol. The first-order valence-electron chi connectivity index (χ1n) is 7.74. The van der Waals surface area contributed by atoms with Crippen molar-refractivity contribution >= 4 is 5.91 Å². The Hall–Kier alpha value is -0.650. The molecule has 1 aliphatic carbocycles. The molecular formula is C15H28N2O3. The Morgan fingerprint density at radius 1 is 1.20 bits per heavy atom. The zero-order valence-electron chi connectivity index (χ0n) is 12.7. The Bertz CT molecular complexity index is 310. The standard InChI is InChI=1S/C15H28N2O3/c1-19-13-9-17(10-14(13)20-2)15(18)12-5-3-4-11(8-12)6-7-16/h11-14H,3-10,16H2,1-2H3. The topological polar surface area (TPSA) is 64.8 Å². The van der Waals surface area contributed by atoms with E-state index < -0.39 is 0 Å². The molecule has 0 aromatic heterocycles. The monoisotopic (exact) mass is 284 g/mol. The van der Waals surface area contributed by atoms with Gasteiger partial charge in [-0.15, -0.1) is 0 Å². The summed E-state index contributed by atoms with van der Waals surface area (Å²) in [7, 11) is 3.37. The first-order valence-corrected chi connectivity index (χ1v) is 7.74. The van der Waals surface area contributed by atoms with Crippen LogP contribution in [0.1, 0.15) is 32.1 Å². The van der Waals surface area contributed by atoms with E-state index in [1.807, 2.05) is 4.90 Å². The third-order valence-electron chi connectivity index (χ3n) is 4.84. The van der Waals surface area contributed by atoms with Crippen molar-refractivity contribution < 1.29 is 14.3 Å². The maximum Gasteiger partial charge on any atom is 0.225 e. The predicted molar refractivity (Wildman–Crippen MR) is 77.3 cm³/mol. The highest BCUT2D eigenvalue weighted by Crippen LogP contribution is 2.33. The van der Waals surface area contributed by atoms with Crippen molar-refractivity contribution in [2.45, 2.75) is 44.3 Å². The highest BCUT2D eigenvalue weighted by Gasteiger charge is 2.38. The largest absolute Gasteiger partial charge is 0.377 e. The van der Waals surface area contributed by atoms with Gasteiger partial charge in [0, 0.05) is 33.2 Å². The van der Waals surface area contributed by atoms with Gasteiger partial charge in [-0.25, -0.2) is 0 Å². The zero-order valence-corrected chi connectivity index (χ0v) is 12.7. The van der Waals surface area contributed by atoms with Crippen LogP contribution in [0.25, 0.3) is 0 Å². The molecule has 5 heteroatoms. The van der Waals surface area contributed by atoms with Crippen molar-refractivity contribution in [3.63, 3.8) is 0 Å². The van der Waals surface area contributed by atoms with Crippen LogP contribution < -0.4 is 5.73 Å². The maximum atomic E-state index is 12.7. The quantitative estimate of drug-likeness (QED) is 0.818. The van der Waals surface area contributed by atoms with Crippen molar-refractivity contribution in [1.82, 2.24) is 4.90 Å². The molecule has 1 aliphatic heterocycles. The van der Waals surface area contributed by atoms with E-state index in [2.05, 4.69) is 0 Å². The number of amides is 1. The summed E-state index contributed by atoms with van der Waals surface area (Å²) < 4.78 is 10.8. The SMILES string of the molecule is COC1CN(C(=O)C2CCCC(CCN)C2)CC1OC. The second-order valence-electron chi connectivity index (χ2n) is 6.10. The number of rotatable bonds is 5. The van der Waals surface area contributed by atoms with Crippen LogP contribution in [0.15, 0.2) is 0 Å². The maximum absolute atomic E-state index is 12.7. The van der Waals surface area contributed by atoms with E-state index in [-0.39, 0.29) is 24.0 Å². The van der Waals surface area contributed by atoms with Crippen LogP contribution in [0, 0.1) is 11.8 Å². The molecule has 1 heterocycles. The number of carbonyl (C=O) groups excluding carboxylic acids is 1. The molecule has 1 amide bonds. The first-order chi connectivity index (χ1) is 9.69. The first kappa shape index (κ1) is 15.7. The van der Waals surface area contributed by atoms with Crippen LogP contribution in [0.3, 0.4) is 0 Å². The van der Waals surface area contributed by atoms with E-state index in [9.17, 15) is 4.79 Å². The molecule has 0 aromatic rings. The van der Waals surface area contributed by atoms with Crippen LogP contribution in [0.2, 0.25) is 0 Å². The zero-order chi connectivity index (χ0) is 14.5.